The summed E-state index contributed by atoms with van der Waals surface area (Å²) in [5.74, 6) is 0.546. The monoisotopic (exact) mass is 145 g/mol. The highest BCUT2D eigenvalue weighted by molar-refractivity contribution is 4.85. The van der Waals surface area contributed by atoms with Crippen molar-refractivity contribution in [1.82, 2.24) is 0 Å². The molecule has 0 amide bonds. The molecule has 0 heterocycles. The van der Waals surface area contributed by atoms with Gasteiger partial charge in [0.1, 0.15) is 0 Å². The Morgan fingerprint density at radius 1 is 1.20 bits per heavy atom. The third kappa shape index (κ3) is 1.48. The first-order valence-corrected chi connectivity index (χ1v) is 3.75. The van der Waals surface area contributed by atoms with Crippen molar-refractivity contribution < 1.29 is 10.2 Å². The molecule has 4 N–H and O–H groups in total. The van der Waals surface area contributed by atoms with Crippen molar-refractivity contribution in [2.75, 3.05) is 13.2 Å². The zero-order chi connectivity index (χ0) is 7.56. The molecule has 3 heteroatoms. The molecule has 1 saturated carbocycles. The summed E-state index contributed by atoms with van der Waals surface area (Å²) in [4.78, 5) is 0. The average molecular weight is 145 g/mol. The number of hydrogen-bond acceptors (Lipinski definition) is 3. The Bertz CT molecular complexity index is 108. The van der Waals surface area contributed by atoms with Gasteiger partial charge in [0.2, 0.25) is 0 Å². The Morgan fingerprint density at radius 3 is 2.20 bits per heavy atom. The van der Waals surface area contributed by atoms with Crippen LogP contribution in [0.4, 0.5) is 0 Å². The lowest BCUT2D eigenvalue weighted by Gasteiger charge is -2.09. The van der Waals surface area contributed by atoms with Crippen LogP contribution in [0, 0.1) is 11.8 Å². The van der Waals surface area contributed by atoms with Crippen LogP contribution in [0.15, 0.2) is 0 Å². The molecule has 0 aromatic heterocycles. The summed E-state index contributed by atoms with van der Waals surface area (Å²) in [5.41, 5.74) is 5.68. The Hall–Kier alpha value is -0.120. The lowest BCUT2D eigenvalue weighted by atomic mass is 10.1. The Balaban J connectivity index is 2.36. The van der Waals surface area contributed by atoms with Crippen LogP contribution in [0.5, 0.6) is 0 Å². The summed E-state index contributed by atoms with van der Waals surface area (Å²) in [7, 11) is 0. The van der Waals surface area contributed by atoms with Crippen LogP contribution in [-0.4, -0.2) is 29.5 Å². The second kappa shape index (κ2) is 3.32. The average Bonchev–Trinajstić information content (AvgIpc) is 2.30. The Kier molecular flexibility index (Phi) is 2.65. The summed E-state index contributed by atoms with van der Waals surface area (Å²) in [6, 6.07) is 0.0992. The van der Waals surface area contributed by atoms with E-state index in [-0.39, 0.29) is 25.2 Å². The van der Waals surface area contributed by atoms with Gasteiger partial charge in [-0.15, -0.1) is 0 Å². The van der Waals surface area contributed by atoms with Gasteiger partial charge in [-0.1, -0.05) is 0 Å². The maximum atomic E-state index is 8.79. The summed E-state index contributed by atoms with van der Waals surface area (Å²) in [6.45, 7) is 0.377. The number of nitrogens with two attached hydrogens (primary N) is 1. The van der Waals surface area contributed by atoms with Gasteiger partial charge in [0.15, 0.2) is 0 Å². The van der Waals surface area contributed by atoms with Crippen LogP contribution in [0.1, 0.15) is 12.8 Å². The summed E-state index contributed by atoms with van der Waals surface area (Å²) >= 11 is 0. The molecule has 0 aromatic carbocycles. The fraction of sp³-hybridized carbons (Fsp3) is 1.00. The Morgan fingerprint density at radius 2 is 1.90 bits per heavy atom. The van der Waals surface area contributed by atoms with Crippen LogP contribution in [0.25, 0.3) is 0 Å². The third-order valence-electron chi connectivity index (χ3n) is 2.34. The fourth-order valence-electron chi connectivity index (χ4n) is 1.64. The van der Waals surface area contributed by atoms with Crippen molar-refractivity contribution in [3.63, 3.8) is 0 Å². The molecule has 0 unspecified atom stereocenters. The number of rotatable bonds is 2. The van der Waals surface area contributed by atoms with E-state index in [2.05, 4.69) is 0 Å². The molecule has 0 saturated heterocycles. The van der Waals surface area contributed by atoms with Crippen molar-refractivity contribution in [1.29, 1.82) is 0 Å². The van der Waals surface area contributed by atoms with E-state index in [1.54, 1.807) is 0 Å². The van der Waals surface area contributed by atoms with E-state index in [4.69, 9.17) is 15.9 Å². The van der Waals surface area contributed by atoms with Crippen molar-refractivity contribution >= 4 is 0 Å². The standard InChI is InChI=1S/C7H15NO2/c8-7-2-5(3-9)1-6(7)4-10/h5-7,9-10H,1-4,8H2/t5-,6+,7-/m0/s1. The first-order chi connectivity index (χ1) is 4.77. The molecular formula is C7H15NO2. The third-order valence-corrected chi connectivity index (χ3v) is 2.34. The van der Waals surface area contributed by atoms with Crippen LogP contribution in [0.3, 0.4) is 0 Å². The molecule has 60 valence electrons. The van der Waals surface area contributed by atoms with Gasteiger partial charge in [0, 0.05) is 19.3 Å². The molecular weight excluding hydrogens is 130 g/mol. The molecule has 0 radical (unpaired) electrons. The van der Waals surface area contributed by atoms with Crippen LogP contribution in [0.2, 0.25) is 0 Å². The Labute approximate surface area is 60.9 Å². The summed E-state index contributed by atoms with van der Waals surface area (Å²) < 4.78 is 0. The first kappa shape index (κ1) is 7.98. The van der Waals surface area contributed by atoms with Crippen molar-refractivity contribution in [3.05, 3.63) is 0 Å². The van der Waals surface area contributed by atoms with Gasteiger partial charge >= 0.3 is 0 Å². The van der Waals surface area contributed by atoms with Gasteiger partial charge in [-0.05, 0) is 24.7 Å². The smallest absolute Gasteiger partial charge is 0.0474 e. The van der Waals surface area contributed by atoms with E-state index < -0.39 is 0 Å². The predicted molar refractivity (Wildman–Crippen MR) is 38.4 cm³/mol. The zero-order valence-electron chi connectivity index (χ0n) is 6.03. The number of aliphatic hydroxyl groups excluding tert-OH is 2. The van der Waals surface area contributed by atoms with Gasteiger partial charge in [-0.3, -0.25) is 0 Å². The predicted octanol–water partition coefficient (Wildman–Crippen LogP) is -0.676. The largest absolute Gasteiger partial charge is 0.396 e. The van der Waals surface area contributed by atoms with Gasteiger partial charge in [-0.25, -0.2) is 0 Å². The van der Waals surface area contributed by atoms with Crippen LogP contribution >= 0.6 is 0 Å². The fourth-order valence-corrected chi connectivity index (χ4v) is 1.64. The maximum absolute atomic E-state index is 8.79. The van der Waals surface area contributed by atoms with E-state index in [0.29, 0.717) is 5.92 Å². The minimum absolute atomic E-state index is 0.0992. The number of hydrogen-bond donors (Lipinski definition) is 3. The van der Waals surface area contributed by atoms with E-state index in [0.717, 1.165) is 12.8 Å². The van der Waals surface area contributed by atoms with Gasteiger partial charge in [0.05, 0.1) is 0 Å². The normalized spacial score (nSPS) is 40.5. The highest BCUT2D eigenvalue weighted by Crippen LogP contribution is 2.28. The molecule has 1 fully saturated rings. The zero-order valence-corrected chi connectivity index (χ0v) is 6.03. The van der Waals surface area contributed by atoms with Gasteiger partial charge < -0.3 is 15.9 Å². The molecule has 0 bridgehead atoms. The number of aliphatic hydroxyl groups is 2. The van der Waals surface area contributed by atoms with Crippen molar-refractivity contribution in [2.45, 2.75) is 18.9 Å². The van der Waals surface area contributed by atoms with Crippen LogP contribution in [-0.2, 0) is 0 Å². The second-order valence-corrected chi connectivity index (χ2v) is 3.13. The molecule has 0 aromatic rings. The minimum atomic E-state index is 0.0992. The molecule has 0 aliphatic heterocycles. The van der Waals surface area contributed by atoms with Crippen molar-refractivity contribution in [2.24, 2.45) is 17.6 Å². The second-order valence-electron chi connectivity index (χ2n) is 3.13. The minimum Gasteiger partial charge on any atom is -0.396 e. The highest BCUT2D eigenvalue weighted by atomic mass is 16.3. The molecule has 1 rings (SSSR count). The van der Waals surface area contributed by atoms with Crippen LogP contribution < -0.4 is 5.73 Å². The molecule has 3 nitrogen and oxygen atoms in total. The summed E-state index contributed by atoms with van der Waals surface area (Å²) in [6.07, 6.45) is 1.75. The van der Waals surface area contributed by atoms with E-state index in [9.17, 15) is 0 Å². The van der Waals surface area contributed by atoms with Gasteiger partial charge in [-0.2, -0.15) is 0 Å². The molecule has 3 atom stereocenters. The molecule has 1 aliphatic carbocycles. The quantitative estimate of drug-likeness (QED) is 0.482. The summed E-state index contributed by atoms with van der Waals surface area (Å²) in [5, 5.41) is 17.5. The molecule has 1 aliphatic rings. The van der Waals surface area contributed by atoms with E-state index in [1.165, 1.54) is 0 Å². The molecule has 0 spiro atoms. The van der Waals surface area contributed by atoms with Gasteiger partial charge in [0.25, 0.3) is 0 Å². The van der Waals surface area contributed by atoms with Crippen molar-refractivity contribution in [3.8, 4) is 0 Å². The maximum Gasteiger partial charge on any atom is 0.0474 e. The molecule has 10 heavy (non-hydrogen) atoms. The van der Waals surface area contributed by atoms with E-state index in [1.807, 2.05) is 0 Å². The lowest BCUT2D eigenvalue weighted by Crippen LogP contribution is -2.26. The highest BCUT2D eigenvalue weighted by Gasteiger charge is 2.30. The first-order valence-electron chi connectivity index (χ1n) is 3.75. The SMILES string of the molecule is N[C@H]1C[C@@H](CO)C[C@@H]1CO. The lowest BCUT2D eigenvalue weighted by molar-refractivity contribution is 0.199. The van der Waals surface area contributed by atoms with E-state index >= 15 is 0 Å². The topological polar surface area (TPSA) is 66.5 Å².